The number of nitrogens with one attached hydrogen (secondary N) is 2. The van der Waals surface area contributed by atoms with Crippen LogP contribution in [0.5, 0.6) is 0 Å². The first-order valence-corrected chi connectivity index (χ1v) is 10.6. The maximum Gasteiger partial charge on any atom is 0.278 e. The molecule has 0 aromatic heterocycles. The van der Waals surface area contributed by atoms with Crippen LogP contribution in [0.4, 0.5) is 4.39 Å². The van der Waals surface area contributed by atoms with E-state index in [0.717, 1.165) is 16.0 Å². The molecule has 2 aromatic carbocycles. The number of likely N-dealkylation sites (N-methyl/N-ethyl adjacent to an activating group) is 2. The molecule has 1 atom stereocenters. The first kappa shape index (κ1) is 26.5. The van der Waals surface area contributed by atoms with Gasteiger partial charge in [-0.3, -0.25) is 24.5 Å². The average Bonchev–Trinajstić information content (AvgIpc) is 2.86. The van der Waals surface area contributed by atoms with Gasteiger partial charge in [-0.1, -0.05) is 24.0 Å². The Morgan fingerprint density at radius 1 is 0.971 bits per heavy atom. The molecule has 3 amide bonds. The Hall–Kier alpha value is -3.74. The molecule has 0 spiro atoms. The quantitative estimate of drug-likeness (QED) is 0.236. The minimum Gasteiger partial charge on any atom is -0.357 e. The van der Waals surface area contributed by atoms with Crippen molar-refractivity contribution < 1.29 is 24.0 Å². The molecule has 2 aromatic rings. The van der Waals surface area contributed by atoms with Crippen LogP contribution in [0.25, 0.3) is 0 Å². The summed E-state index contributed by atoms with van der Waals surface area (Å²) < 4.78 is 12.4. The lowest BCUT2D eigenvalue weighted by atomic mass is 9.96. The lowest BCUT2D eigenvalue weighted by Gasteiger charge is -2.34. The van der Waals surface area contributed by atoms with E-state index in [9.17, 15) is 18.8 Å². The van der Waals surface area contributed by atoms with Crippen molar-refractivity contribution in [1.82, 2.24) is 20.6 Å². The first-order chi connectivity index (χ1) is 16.2. The van der Waals surface area contributed by atoms with Crippen LogP contribution in [-0.4, -0.2) is 72.6 Å². The van der Waals surface area contributed by atoms with Crippen molar-refractivity contribution in [3.63, 3.8) is 0 Å². The molecule has 180 valence electrons. The zero-order chi connectivity index (χ0) is 25.3. The van der Waals surface area contributed by atoms with E-state index in [1.807, 2.05) is 36.2 Å². The van der Waals surface area contributed by atoms with Crippen molar-refractivity contribution in [3.05, 3.63) is 70.8 Å². The van der Waals surface area contributed by atoms with E-state index in [2.05, 4.69) is 17.2 Å². The largest absolute Gasteiger partial charge is 0.357 e. The van der Waals surface area contributed by atoms with Crippen LogP contribution in [0.2, 0.25) is 0 Å². The van der Waals surface area contributed by atoms with Crippen molar-refractivity contribution >= 4 is 17.7 Å². The number of benzene rings is 2. The molecule has 0 fully saturated rings. The van der Waals surface area contributed by atoms with Gasteiger partial charge >= 0.3 is 0 Å². The minimum absolute atomic E-state index is 0.246. The monoisotopic (exact) mass is 468 g/mol. The Balaban J connectivity index is 2.13. The molecule has 34 heavy (non-hydrogen) atoms. The number of amides is 3. The van der Waals surface area contributed by atoms with Crippen LogP contribution in [0.3, 0.4) is 0 Å². The van der Waals surface area contributed by atoms with Gasteiger partial charge in [0.05, 0.1) is 0 Å². The number of hydrogen-bond acceptors (Lipinski definition) is 5. The predicted octanol–water partition coefficient (Wildman–Crippen LogP) is 1.57. The van der Waals surface area contributed by atoms with Crippen LogP contribution >= 0.6 is 0 Å². The third kappa shape index (κ3) is 6.19. The number of alkyl halides is 1. The average molecular weight is 469 g/mol. The molecule has 8 nitrogen and oxygen atoms in total. The summed E-state index contributed by atoms with van der Waals surface area (Å²) in [5.41, 5.74) is 2.28. The number of rotatable bonds is 8. The van der Waals surface area contributed by atoms with Gasteiger partial charge in [-0.2, -0.15) is 0 Å². The number of hydroxylamine groups is 1. The molecule has 0 aliphatic rings. The molecular formula is C25H29FN4O4. The smallest absolute Gasteiger partial charge is 0.278 e. The SMILES string of the molecule is CNC(=O)C(C)(C(=O)NO)N(C)C(=O)c1ccc(C#Cc2ccc(CN(C)CCF)cc2)cc1. The number of halogens is 1. The van der Waals surface area contributed by atoms with Gasteiger partial charge in [0.2, 0.25) is 0 Å². The second-order valence-electron chi connectivity index (χ2n) is 7.91. The van der Waals surface area contributed by atoms with Crippen LogP contribution in [0.15, 0.2) is 48.5 Å². The van der Waals surface area contributed by atoms with Crippen molar-refractivity contribution in [2.45, 2.75) is 19.0 Å². The highest BCUT2D eigenvalue weighted by atomic mass is 19.1. The van der Waals surface area contributed by atoms with E-state index in [1.54, 1.807) is 24.3 Å². The summed E-state index contributed by atoms with van der Waals surface area (Å²) in [5, 5.41) is 11.4. The summed E-state index contributed by atoms with van der Waals surface area (Å²) in [6.07, 6.45) is 0. The summed E-state index contributed by atoms with van der Waals surface area (Å²) in [6, 6.07) is 14.1. The van der Waals surface area contributed by atoms with E-state index in [4.69, 9.17) is 5.21 Å². The third-order valence-corrected chi connectivity index (χ3v) is 5.54. The number of nitrogens with zero attached hydrogens (tertiary/aromatic N) is 2. The highest BCUT2D eigenvalue weighted by Gasteiger charge is 2.47. The minimum atomic E-state index is -1.95. The third-order valence-electron chi connectivity index (χ3n) is 5.54. The van der Waals surface area contributed by atoms with Gasteiger partial charge in [-0.05, 0) is 55.9 Å². The molecule has 1 unspecified atom stereocenters. The molecular weight excluding hydrogens is 439 g/mol. The second-order valence-corrected chi connectivity index (χ2v) is 7.91. The van der Waals surface area contributed by atoms with Gasteiger partial charge in [0.1, 0.15) is 6.67 Å². The molecule has 0 radical (unpaired) electrons. The normalized spacial score (nSPS) is 12.2. The van der Waals surface area contributed by atoms with Crippen molar-refractivity contribution in [3.8, 4) is 11.8 Å². The van der Waals surface area contributed by atoms with Crippen LogP contribution < -0.4 is 10.8 Å². The fourth-order valence-corrected chi connectivity index (χ4v) is 3.23. The Morgan fingerprint density at radius 2 is 1.50 bits per heavy atom. The van der Waals surface area contributed by atoms with Gasteiger partial charge in [-0.15, -0.1) is 0 Å². The van der Waals surface area contributed by atoms with Gasteiger partial charge in [0.25, 0.3) is 17.7 Å². The lowest BCUT2D eigenvalue weighted by molar-refractivity contribution is -0.148. The van der Waals surface area contributed by atoms with E-state index < -0.39 is 23.3 Å². The Bertz CT molecular complexity index is 1060. The molecule has 0 bridgehead atoms. The molecule has 9 heteroatoms. The molecule has 0 heterocycles. The summed E-state index contributed by atoms with van der Waals surface area (Å²) in [4.78, 5) is 40.2. The lowest BCUT2D eigenvalue weighted by Crippen LogP contribution is -2.64. The zero-order valence-corrected chi connectivity index (χ0v) is 19.7. The second kappa shape index (κ2) is 11.9. The highest BCUT2D eigenvalue weighted by Crippen LogP contribution is 2.18. The van der Waals surface area contributed by atoms with Gasteiger partial charge in [0.15, 0.2) is 5.54 Å². The fraction of sp³-hybridized carbons (Fsp3) is 0.320. The molecule has 2 rings (SSSR count). The summed E-state index contributed by atoms with van der Waals surface area (Å²) in [6.45, 7) is 1.89. The van der Waals surface area contributed by atoms with Gasteiger partial charge in [0, 0.05) is 43.9 Å². The summed E-state index contributed by atoms with van der Waals surface area (Å²) in [7, 11) is 4.50. The topological polar surface area (TPSA) is 102 Å². The van der Waals surface area contributed by atoms with Crippen molar-refractivity contribution in [2.24, 2.45) is 0 Å². The first-order valence-electron chi connectivity index (χ1n) is 10.6. The van der Waals surface area contributed by atoms with Crippen LogP contribution in [-0.2, 0) is 16.1 Å². The van der Waals surface area contributed by atoms with E-state index in [1.165, 1.54) is 26.5 Å². The summed E-state index contributed by atoms with van der Waals surface area (Å²) in [5.74, 6) is 3.71. The van der Waals surface area contributed by atoms with Gasteiger partial charge < -0.3 is 10.2 Å². The van der Waals surface area contributed by atoms with E-state index in [-0.39, 0.29) is 12.2 Å². The Labute approximate surface area is 198 Å². The highest BCUT2D eigenvalue weighted by molar-refractivity contribution is 6.12. The maximum atomic E-state index is 12.9. The molecule has 0 saturated heterocycles. The van der Waals surface area contributed by atoms with Gasteiger partial charge in [-0.25, -0.2) is 9.87 Å². The molecule has 0 saturated carbocycles. The van der Waals surface area contributed by atoms with E-state index >= 15 is 0 Å². The number of carbonyl (C=O) groups is 3. The molecule has 0 aliphatic carbocycles. The Kier molecular flexibility index (Phi) is 9.30. The zero-order valence-electron chi connectivity index (χ0n) is 19.7. The predicted molar refractivity (Wildman–Crippen MR) is 126 cm³/mol. The molecule has 0 aliphatic heterocycles. The summed E-state index contributed by atoms with van der Waals surface area (Å²) >= 11 is 0. The fourth-order valence-electron chi connectivity index (χ4n) is 3.23. The maximum absolute atomic E-state index is 12.9. The standard InChI is InChI=1S/C25H29FN4O4/c1-25(23(32)27-2,24(33)28-34)30(4)22(31)21-13-11-19(12-14-21)6-5-18-7-9-20(10-8-18)17-29(3)16-15-26/h7-14,34H,15-17H2,1-4H3,(H,27,32)(H,28,33). The van der Waals surface area contributed by atoms with Crippen molar-refractivity contribution in [2.75, 3.05) is 34.4 Å². The molecule has 3 N–H and O–H groups in total. The van der Waals surface area contributed by atoms with E-state index in [0.29, 0.717) is 18.7 Å². The van der Waals surface area contributed by atoms with Crippen molar-refractivity contribution in [1.29, 1.82) is 0 Å². The van der Waals surface area contributed by atoms with Crippen LogP contribution in [0, 0.1) is 11.8 Å². The van der Waals surface area contributed by atoms with Crippen LogP contribution in [0.1, 0.15) is 34.0 Å². The Morgan fingerprint density at radius 3 is 1.97 bits per heavy atom. The number of carbonyl (C=O) groups excluding carboxylic acids is 3. The number of hydrogen-bond donors (Lipinski definition) is 3.